The van der Waals surface area contributed by atoms with Crippen molar-refractivity contribution < 1.29 is 9.90 Å². The number of benzene rings is 1. The lowest BCUT2D eigenvalue weighted by molar-refractivity contribution is 0.209. The summed E-state index contributed by atoms with van der Waals surface area (Å²) in [6, 6.07) is 7.11. The van der Waals surface area contributed by atoms with Gasteiger partial charge in [0.1, 0.15) is 5.82 Å². The Bertz CT molecular complexity index is 783. The van der Waals surface area contributed by atoms with E-state index in [0.29, 0.717) is 5.02 Å². The zero-order chi connectivity index (χ0) is 14.1. The fourth-order valence-electron chi connectivity index (χ4n) is 1.93. The van der Waals surface area contributed by atoms with Gasteiger partial charge in [0.05, 0.1) is 16.7 Å². The number of nitrogens with one attached hydrogen (secondary N) is 2. The Morgan fingerprint density at radius 3 is 2.80 bits per heavy atom. The molecule has 0 aliphatic heterocycles. The van der Waals surface area contributed by atoms with Crippen molar-refractivity contribution in [2.24, 2.45) is 0 Å². The van der Waals surface area contributed by atoms with Crippen LogP contribution in [-0.2, 0) is 0 Å². The molecule has 0 spiro atoms. The van der Waals surface area contributed by atoms with Gasteiger partial charge in [-0.2, -0.15) is 5.10 Å². The van der Waals surface area contributed by atoms with Crippen molar-refractivity contribution in [1.82, 2.24) is 15.2 Å². The van der Waals surface area contributed by atoms with Crippen LogP contribution in [-0.4, -0.2) is 26.4 Å². The fourth-order valence-corrected chi connectivity index (χ4v) is 2.20. The maximum atomic E-state index is 10.5. The highest BCUT2D eigenvalue weighted by atomic mass is 35.5. The van der Waals surface area contributed by atoms with E-state index in [0.717, 1.165) is 22.0 Å². The van der Waals surface area contributed by atoms with Crippen molar-refractivity contribution in [2.75, 3.05) is 5.32 Å². The Labute approximate surface area is 118 Å². The predicted octanol–water partition coefficient (Wildman–Crippen LogP) is 3.37. The number of pyridine rings is 1. The molecule has 20 heavy (non-hydrogen) atoms. The molecule has 3 aromatic rings. The highest BCUT2D eigenvalue weighted by molar-refractivity contribution is 6.35. The van der Waals surface area contributed by atoms with Crippen molar-refractivity contribution in [3.63, 3.8) is 0 Å². The monoisotopic (exact) mass is 288 g/mol. The van der Waals surface area contributed by atoms with E-state index in [1.165, 1.54) is 0 Å². The minimum Gasteiger partial charge on any atom is -0.465 e. The van der Waals surface area contributed by atoms with Crippen LogP contribution in [0.25, 0.3) is 22.0 Å². The number of H-pyrrole nitrogens is 1. The van der Waals surface area contributed by atoms with Gasteiger partial charge in [-0.15, -0.1) is 0 Å². The van der Waals surface area contributed by atoms with Gasteiger partial charge in [-0.3, -0.25) is 10.4 Å². The number of aromatic nitrogens is 3. The Hall–Kier alpha value is -2.60. The maximum absolute atomic E-state index is 10.5. The first-order valence-corrected chi connectivity index (χ1v) is 6.10. The summed E-state index contributed by atoms with van der Waals surface area (Å²) in [5.74, 6) is 0.275. The maximum Gasteiger partial charge on any atom is 0.410 e. The van der Waals surface area contributed by atoms with Gasteiger partial charge in [0.25, 0.3) is 0 Å². The topological polar surface area (TPSA) is 90.9 Å². The number of anilines is 1. The molecule has 6 nitrogen and oxygen atoms in total. The molecule has 7 heteroatoms. The molecule has 0 unspecified atom stereocenters. The summed E-state index contributed by atoms with van der Waals surface area (Å²) >= 11 is 6.17. The van der Waals surface area contributed by atoms with Crippen LogP contribution >= 0.6 is 11.6 Å². The number of carbonyl (C=O) groups is 1. The lowest BCUT2D eigenvalue weighted by atomic mass is 10.1. The highest BCUT2D eigenvalue weighted by Crippen LogP contribution is 2.29. The molecule has 0 fully saturated rings. The minimum atomic E-state index is -1.15. The second kappa shape index (κ2) is 4.82. The van der Waals surface area contributed by atoms with Crippen molar-refractivity contribution in [2.45, 2.75) is 0 Å². The normalized spacial score (nSPS) is 10.7. The molecule has 3 N–H and O–H groups in total. The lowest BCUT2D eigenvalue weighted by Crippen LogP contribution is -2.08. The van der Waals surface area contributed by atoms with Gasteiger partial charge in [-0.05, 0) is 29.8 Å². The van der Waals surface area contributed by atoms with E-state index < -0.39 is 6.09 Å². The van der Waals surface area contributed by atoms with Gasteiger partial charge in [0.15, 0.2) is 0 Å². The average Bonchev–Trinajstić information content (AvgIpc) is 2.87. The molecule has 0 bridgehead atoms. The molecule has 2 heterocycles. The highest BCUT2D eigenvalue weighted by Gasteiger charge is 2.07. The van der Waals surface area contributed by atoms with Gasteiger partial charge in [0, 0.05) is 17.1 Å². The summed E-state index contributed by atoms with van der Waals surface area (Å²) in [5, 5.41) is 19.0. The molecule has 0 saturated carbocycles. The van der Waals surface area contributed by atoms with Crippen molar-refractivity contribution in [1.29, 1.82) is 0 Å². The molecule has 0 aliphatic carbocycles. The number of fused-ring (bicyclic) bond motifs is 1. The van der Waals surface area contributed by atoms with Crippen molar-refractivity contribution >= 4 is 34.4 Å². The summed E-state index contributed by atoms with van der Waals surface area (Å²) in [6.07, 6.45) is 2.13. The van der Waals surface area contributed by atoms with Crippen LogP contribution in [0, 0.1) is 0 Å². The lowest BCUT2D eigenvalue weighted by Gasteiger charge is -2.05. The van der Waals surface area contributed by atoms with Crippen LogP contribution in [0.5, 0.6) is 0 Å². The van der Waals surface area contributed by atoms with E-state index in [4.69, 9.17) is 16.7 Å². The molecule has 2 aromatic heterocycles. The number of nitrogens with zero attached hydrogens (tertiary/aromatic N) is 2. The minimum absolute atomic E-state index is 0.275. The number of rotatable bonds is 2. The number of hydrogen-bond donors (Lipinski definition) is 3. The zero-order valence-corrected chi connectivity index (χ0v) is 10.8. The molecule has 1 amide bonds. The standard InChI is InChI=1S/C13H9ClN4O2/c14-10-4-8(3-9-6-16-18-12(9)10)7-1-2-11(15-5-7)17-13(19)20/h1-6H,(H,15,17)(H,16,18)(H,19,20). The summed E-state index contributed by atoms with van der Waals surface area (Å²) in [5.41, 5.74) is 2.51. The van der Waals surface area contributed by atoms with Crippen LogP contribution in [0.1, 0.15) is 0 Å². The molecule has 100 valence electrons. The predicted molar refractivity (Wildman–Crippen MR) is 76.0 cm³/mol. The Kier molecular flexibility index (Phi) is 3.00. The van der Waals surface area contributed by atoms with Crippen molar-refractivity contribution in [3.05, 3.63) is 41.7 Å². The largest absolute Gasteiger partial charge is 0.465 e. The van der Waals surface area contributed by atoms with Gasteiger partial charge in [0.2, 0.25) is 0 Å². The SMILES string of the molecule is O=C(O)Nc1ccc(-c2cc(Cl)c3[nH]ncc3c2)cn1. The molecule has 1 aromatic carbocycles. The average molecular weight is 289 g/mol. The second-order valence-electron chi connectivity index (χ2n) is 4.15. The number of carboxylic acid groups (broad SMARTS) is 1. The van der Waals surface area contributed by atoms with E-state index in [2.05, 4.69) is 20.5 Å². The van der Waals surface area contributed by atoms with E-state index >= 15 is 0 Å². The molecular formula is C13H9ClN4O2. The molecule has 0 saturated heterocycles. The summed E-state index contributed by atoms with van der Waals surface area (Å²) in [4.78, 5) is 14.5. The molecule has 3 rings (SSSR count). The van der Waals surface area contributed by atoms with Crippen LogP contribution in [0.15, 0.2) is 36.7 Å². The van der Waals surface area contributed by atoms with Gasteiger partial charge >= 0.3 is 6.09 Å². The van der Waals surface area contributed by atoms with Crippen LogP contribution in [0.2, 0.25) is 5.02 Å². The Morgan fingerprint density at radius 2 is 2.10 bits per heavy atom. The smallest absolute Gasteiger partial charge is 0.410 e. The molecule has 0 aliphatic rings. The van der Waals surface area contributed by atoms with E-state index in [-0.39, 0.29) is 5.82 Å². The van der Waals surface area contributed by atoms with E-state index in [9.17, 15) is 4.79 Å². The number of aromatic amines is 1. The fraction of sp³-hybridized carbons (Fsp3) is 0. The first kappa shape index (κ1) is 12.4. The Morgan fingerprint density at radius 1 is 1.25 bits per heavy atom. The Balaban J connectivity index is 2.00. The van der Waals surface area contributed by atoms with Crippen LogP contribution < -0.4 is 5.32 Å². The first-order valence-electron chi connectivity index (χ1n) is 5.72. The first-order chi connectivity index (χ1) is 9.63. The number of hydrogen-bond acceptors (Lipinski definition) is 3. The third-order valence-electron chi connectivity index (χ3n) is 2.83. The third-order valence-corrected chi connectivity index (χ3v) is 3.13. The van der Waals surface area contributed by atoms with Gasteiger partial charge in [-0.1, -0.05) is 11.6 Å². The molecule has 0 radical (unpaired) electrons. The van der Waals surface area contributed by atoms with E-state index in [1.807, 2.05) is 12.1 Å². The van der Waals surface area contributed by atoms with Crippen LogP contribution in [0.3, 0.4) is 0 Å². The summed E-state index contributed by atoms with van der Waals surface area (Å²) in [7, 11) is 0. The summed E-state index contributed by atoms with van der Waals surface area (Å²) < 4.78 is 0. The molecular weight excluding hydrogens is 280 g/mol. The molecule has 0 atom stereocenters. The quantitative estimate of drug-likeness (QED) is 0.674. The van der Waals surface area contributed by atoms with E-state index in [1.54, 1.807) is 24.5 Å². The third kappa shape index (κ3) is 2.28. The van der Waals surface area contributed by atoms with Gasteiger partial charge < -0.3 is 5.11 Å². The second-order valence-corrected chi connectivity index (χ2v) is 4.56. The van der Waals surface area contributed by atoms with Gasteiger partial charge in [-0.25, -0.2) is 9.78 Å². The zero-order valence-electron chi connectivity index (χ0n) is 10.1. The van der Waals surface area contributed by atoms with Crippen molar-refractivity contribution in [3.8, 4) is 11.1 Å². The van der Waals surface area contributed by atoms with Crippen LogP contribution in [0.4, 0.5) is 10.6 Å². The summed E-state index contributed by atoms with van der Waals surface area (Å²) in [6.45, 7) is 0. The number of halogens is 1. The number of amides is 1.